The largest absolute Gasteiger partial charge is 0.357 e. The number of nitrogens with zero attached hydrogens (tertiary/aromatic N) is 2. The quantitative estimate of drug-likeness (QED) is 0.389. The number of benzene rings is 2. The average molecular weight is 473 g/mol. The number of nitriles is 1. The van der Waals surface area contributed by atoms with Crippen molar-refractivity contribution in [2.75, 3.05) is 6.54 Å². The van der Waals surface area contributed by atoms with Crippen molar-refractivity contribution >= 4 is 41.5 Å². The molecule has 2 aromatic carbocycles. The van der Waals surface area contributed by atoms with Crippen molar-refractivity contribution in [2.45, 2.75) is 20.0 Å². The molecular formula is C18H19ClFIN4. The van der Waals surface area contributed by atoms with Crippen molar-refractivity contribution < 1.29 is 4.39 Å². The summed E-state index contributed by atoms with van der Waals surface area (Å²) in [6, 6.07) is 13.7. The van der Waals surface area contributed by atoms with E-state index in [1.165, 1.54) is 18.2 Å². The van der Waals surface area contributed by atoms with Gasteiger partial charge in [-0.3, -0.25) is 0 Å². The summed E-state index contributed by atoms with van der Waals surface area (Å²) in [5.41, 5.74) is 1.87. The van der Waals surface area contributed by atoms with Gasteiger partial charge in [-0.15, -0.1) is 24.0 Å². The molecule has 2 rings (SSSR count). The van der Waals surface area contributed by atoms with Crippen LogP contribution in [0.1, 0.15) is 23.6 Å². The molecular weight excluding hydrogens is 454 g/mol. The van der Waals surface area contributed by atoms with Crippen LogP contribution in [0.5, 0.6) is 0 Å². The minimum Gasteiger partial charge on any atom is -0.357 e. The Kier molecular flexibility index (Phi) is 9.24. The molecule has 0 bridgehead atoms. The second-order valence-electron chi connectivity index (χ2n) is 5.09. The maximum absolute atomic E-state index is 13.8. The van der Waals surface area contributed by atoms with Crippen molar-refractivity contribution in [3.05, 3.63) is 70.0 Å². The molecule has 0 atom stereocenters. The Hall–Kier alpha value is -1.85. The minimum atomic E-state index is -0.352. The first-order valence-electron chi connectivity index (χ1n) is 7.57. The Bertz CT molecular complexity index is 757. The molecule has 0 radical (unpaired) electrons. The zero-order valence-corrected chi connectivity index (χ0v) is 16.8. The summed E-state index contributed by atoms with van der Waals surface area (Å²) in [5.74, 6) is 0.226. The molecule has 132 valence electrons. The van der Waals surface area contributed by atoms with Gasteiger partial charge in [-0.2, -0.15) is 5.26 Å². The molecule has 0 aliphatic heterocycles. The van der Waals surface area contributed by atoms with Crippen LogP contribution in [0.4, 0.5) is 4.39 Å². The highest BCUT2D eigenvalue weighted by molar-refractivity contribution is 14.0. The summed E-state index contributed by atoms with van der Waals surface area (Å²) >= 11 is 5.86. The van der Waals surface area contributed by atoms with E-state index in [0.717, 1.165) is 5.56 Å². The number of rotatable bonds is 5. The fourth-order valence-corrected chi connectivity index (χ4v) is 2.19. The van der Waals surface area contributed by atoms with E-state index in [2.05, 4.69) is 15.6 Å². The predicted molar refractivity (Wildman–Crippen MR) is 110 cm³/mol. The fourth-order valence-electron chi connectivity index (χ4n) is 2.06. The first-order valence-corrected chi connectivity index (χ1v) is 7.95. The van der Waals surface area contributed by atoms with Crippen LogP contribution >= 0.6 is 35.6 Å². The normalized spacial score (nSPS) is 10.6. The SMILES string of the molecule is CCNC(=NCc1ccc(Cl)cc1)NCc1cc(C#N)ccc1F.I. The van der Waals surface area contributed by atoms with Gasteiger partial charge in [0, 0.05) is 23.7 Å². The summed E-state index contributed by atoms with van der Waals surface area (Å²) in [4.78, 5) is 4.46. The Balaban J connectivity index is 0.00000312. The summed E-state index contributed by atoms with van der Waals surface area (Å²) in [6.45, 7) is 3.37. The van der Waals surface area contributed by atoms with E-state index in [9.17, 15) is 4.39 Å². The van der Waals surface area contributed by atoms with E-state index in [0.29, 0.717) is 35.2 Å². The molecule has 0 saturated carbocycles. The molecule has 0 fully saturated rings. The van der Waals surface area contributed by atoms with Crippen molar-refractivity contribution in [1.82, 2.24) is 10.6 Å². The maximum Gasteiger partial charge on any atom is 0.191 e. The van der Waals surface area contributed by atoms with Gasteiger partial charge in [0.2, 0.25) is 0 Å². The van der Waals surface area contributed by atoms with Gasteiger partial charge >= 0.3 is 0 Å². The lowest BCUT2D eigenvalue weighted by Gasteiger charge is -2.12. The molecule has 4 nitrogen and oxygen atoms in total. The third kappa shape index (κ3) is 6.88. The minimum absolute atomic E-state index is 0. The van der Waals surface area contributed by atoms with Crippen LogP contribution in [0.2, 0.25) is 5.02 Å². The van der Waals surface area contributed by atoms with Crippen LogP contribution in [0.25, 0.3) is 0 Å². The summed E-state index contributed by atoms with van der Waals surface area (Å²) in [7, 11) is 0. The first-order chi connectivity index (χ1) is 11.6. The zero-order chi connectivity index (χ0) is 17.4. The molecule has 7 heteroatoms. The lowest BCUT2D eigenvalue weighted by Crippen LogP contribution is -2.37. The topological polar surface area (TPSA) is 60.2 Å². The number of nitrogens with one attached hydrogen (secondary N) is 2. The Morgan fingerprint density at radius 2 is 1.92 bits per heavy atom. The van der Waals surface area contributed by atoms with Crippen LogP contribution in [0.3, 0.4) is 0 Å². The molecule has 0 saturated heterocycles. The highest BCUT2D eigenvalue weighted by Crippen LogP contribution is 2.11. The van der Waals surface area contributed by atoms with Crippen LogP contribution < -0.4 is 10.6 Å². The molecule has 0 spiro atoms. The molecule has 0 aromatic heterocycles. The molecule has 2 N–H and O–H groups in total. The van der Waals surface area contributed by atoms with Gasteiger partial charge in [-0.1, -0.05) is 23.7 Å². The molecule has 0 aliphatic rings. The Morgan fingerprint density at radius 1 is 1.20 bits per heavy atom. The number of hydrogen-bond donors (Lipinski definition) is 2. The molecule has 0 aliphatic carbocycles. The van der Waals surface area contributed by atoms with E-state index in [1.54, 1.807) is 0 Å². The van der Waals surface area contributed by atoms with Gasteiger partial charge in [0.05, 0.1) is 18.2 Å². The van der Waals surface area contributed by atoms with Crippen LogP contribution in [-0.4, -0.2) is 12.5 Å². The summed E-state index contributed by atoms with van der Waals surface area (Å²) in [5, 5.41) is 15.8. The van der Waals surface area contributed by atoms with Gasteiger partial charge < -0.3 is 10.6 Å². The third-order valence-electron chi connectivity index (χ3n) is 3.30. The van der Waals surface area contributed by atoms with Crippen molar-refractivity contribution in [3.8, 4) is 6.07 Å². The second-order valence-corrected chi connectivity index (χ2v) is 5.53. The van der Waals surface area contributed by atoms with Crippen molar-refractivity contribution in [1.29, 1.82) is 5.26 Å². The predicted octanol–water partition coefficient (Wildman–Crippen LogP) is 4.22. The monoisotopic (exact) mass is 472 g/mol. The molecule has 0 heterocycles. The van der Waals surface area contributed by atoms with E-state index in [-0.39, 0.29) is 36.3 Å². The molecule has 2 aromatic rings. The van der Waals surface area contributed by atoms with Crippen molar-refractivity contribution in [2.24, 2.45) is 4.99 Å². The fraction of sp³-hybridized carbons (Fsp3) is 0.222. The van der Waals surface area contributed by atoms with Gasteiger partial charge in [-0.25, -0.2) is 9.38 Å². The van der Waals surface area contributed by atoms with Crippen LogP contribution in [-0.2, 0) is 13.1 Å². The summed E-state index contributed by atoms with van der Waals surface area (Å²) < 4.78 is 13.8. The van der Waals surface area contributed by atoms with Gasteiger partial charge in [0.15, 0.2) is 5.96 Å². The lowest BCUT2D eigenvalue weighted by molar-refractivity contribution is 0.604. The number of halogens is 3. The third-order valence-corrected chi connectivity index (χ3v) is 3.55. The second kappa shape index (κ2) is 10.9. The summed E-state index contributed by atoms with van der Waals surface area (Å²) in [6.07, 6.45) is 0. The van der Waals surface area contributed by atoms with Crippen LogP contribution in [0.15, 0.2) is 47.5 Å². The van der Waals surface area contributed by atoms with Crippen molar-refractivity contribution in [3.63, 3.8) is 0 Å². The van der Waals surface area contributed by atoms with E-state index in [1.807, 2.05) is 37.3 Å². The zero-order valence-electron chi connectivity index (χ0n) is 13.7. The van der Waals surface area contributed by atoms with Gasteiger partial charge in [0.1, 0.15) is 5.82 Å². The van der Waals surface area contributed by atoms with Gasteiger partial charge in [0.25, 0.3) is 0 Å². The van der Waals surface area contributed by atoms with Crippen LogP contribution in [0, 0.1) is 17.1 Å². The Morgan fingerprint density at radius 3 is 2.56 bits per heavy atom. The lowest BCUT2D eigenvalue weighted by atomic mass is 10.1. The Labute approximate surface area is 169 Å². The maximum atomic E-state index is 13.8. The molecule has 0 amide bonds. The molecule has 25 heavy (non-hydrogen) atoms. The molecule has 0 unspecified atom stereocenters. The highest BCUT2D eigenvalue weighted by atomic mass is 127. The number of hydrogen-bond acceptors (Lipinski definition) is 2. The average Bonchev–Trinajstić information content (AvgIpc) is 2.60. The van der Waals surface area contributed by atoms with Gasteiger partial charge in [-0.05, 0) is 42.8 Å². The first kappa shape index (κ1) is 21.2. The number of guanidine groups is 1. The van der Waals surface area contributed by atoms with E-state index >= 15 is 0 Å². The van der Waals surface area contributed by atoms with E-state index in [4.69, 9.17) is 16.9 Å². The standard InChI is InChI=1S/C18H18ClFN4.HI/c1-2-22-18(23-11-13-3-6-16(19)7-4-13)24-12-15-9-14(10-21)5-8-17(15)20;/h3-9H,2,11-12H2,1H3,(H2,22,23,24);1H. The highest BCUT2D eigenvalue weighted by Gasteiger charge is 2.05. The van der Waals surface area contributed by atoms with E-state index < -0.39 is 0 Å². The smallest absolute Gasteiger partial charge is 0.191 e. The number of aliphatic imine (C=N–C) groups is 1.